The van der Waals surface area contributed by atoms with Crippen LogP contribution in [0.1, 0.15) is 5.56 Å². The molecular weight excluding hydrogens is 170 g/mol. The van der Waals surface area contributed by atoms with E-state index in [-0.39, 0.29) is 12.7 Å². The first-order valence-electron chi connectivity index (χ1n) is 4.18. The van der Waals surface area contributed by atoms with Gasteiger partial charge < -0.3 is 14.6 Å². The Morgan fingerprint density at radius 2 is 2.46 bits per heavy atom. The second-order valence-corrected chi connectivity index (χ2v) is 2.94. The van der Waals surface area contributed by atoms with Gasteiger partial charge in [0.15, 0.2) is 0 Å². The highest BCUT2D eigenvalue weighted by Crippen LogP contribution is 2.14. The van der Waals surface area contributed by atoms with E-state index in [1.54, 1.807) is 18.3 Å². The van der Waals surface area contributed by atoms with E-state index < -0.39 is 0 Å². The average molecular weight is 181 g/mol. The lowest BCUT2D eigenvalue weighted by molar-refractivity contribution is -0.0813. The minimum absolute atomic E-state index is 0.0139. The molecule has 2 heterocycles. The fourth-order valence-corrected chi connectivity index (χ4v) is 1.07. The second-order valence-electron chi connectivity index (χ2n) is 2.94. The van der Waals surface area contributed by atoms with Crippen molar-refractivity contribution in [3.8, 4) is 5.88 Å². The maximum absolute atomic E-state index is 8.86. The van der Waals surface area contributed by atoms with E-state index in [1.807, 2.05) is 0 Å². The number of aromatic nitrogens is 1. The number of hydrogen-bond acceptors (Lipinski definition) is 4. The molecule has 13 heavy (non-hydrogen) atoms. The lowest BCUT2D eigenvalue weighted by Gasteiger charge is -2.26. The van der Waals surface area contributed by atoms with E-state index in [4.69, 9.17) is 14.6 Å². The summed E-state index contributed by atoms with van der Waals surface area (Å²) in [6.07, 6.45) is 1.75. The van der Waals surface area contributed by atoms with Crippen molar-refractivity contribution in [3.05, 3.63) is 23.9 Å². The average Bonchev–Trinajstić information content (AvgIpc) is 2.12. The summed E-state index contributed by atoms with van der Waals surface area (Å²) < 4.78 is 10.4. The van der Waals surface area contributed by atoms with E-state index in [0.717, 1.165) is 5.56 Å². The third-order valence-corrected chi connectivity index (χ3v) is 1.88. The zero-order chi connectivity index (χ0) is 9.10. The normalized spacial score (nSPS) is 16.7. The molecule has 4 heteroatoms. The molecule has 0 bridgehead atoms. The molecule has 1 aliphatic heterocycles. The summed E-state index contributed by atoms with van der Waals surface area (Å²) in [5.74, 6) is 0.555. The molecule has 0 aromatic carbocycles. The minimum atomic E-state index is 0.0139. The largest absolute Gasteiger partial charge is 0.469 e. The van der Waals surface area contributed by atoms with E-state index in [2.05, 4.69) is 4.98 Å². The van der Waals surface area contributed by atoms with Gasteiger partial charge in [-0.3, -0.25) is 0 Å². The van der Waals surface area contributed by atoms with Crippen LogP contribution in [-0.2, 0) is 11.3 Å². The summed E-state index contributed by atoms with van der Waals surface area (Å²) in [6.45, 7) is 1.27. The number of nitrogens with zero attached hydrogens (tertiary/aromatic N) is 1. The van der Waals surface area contributed by atoms with Crippen LogP contribution in [-0.4, -0.2) is 29.4 Å². The van der Waals surface area contributed by atoms with E-state index in [0.29, 0.717) is 19.1 Å². The van der Waals surface area contributed by atoms with Crippen LogP contribution in [0.15, 0.2) is 18.3 Å². The topological polar surface area (TPSA) is 51.6 Å². The number of pyridine rings is 1. The summed E-state index contributed by atoms with van der Waals surface area (Å²) in [7, 11) is 0. The third kappa shape index (κ3) is 1.96. The fraction of sp³-hybridized carbons (Fsp3) is 0.444. The summed E-state index contributed by atoms with van der Waals surface area (Å²) >= 11 is 0. The Balaban J connectivity index is 2.01. The monoisotopic (exact) mass is 181 g/mol. The maximum atomic E-state index is 8.86. The van der Waals surface area contributed by atoms with Crippen LogP contribution >= 0.6 is 0 Å². The number of hydrogen-bond donors (Lipinski definition) is 1. The van der Waals surface area contributed by atoms with Crippen molar-refractivity contribution in [3.63, 3.8) is 0 Å². The summed E-state index contributed by atoms with van der Waals surface area (Å²) in [5.41, 5.74) is 0.810. The number of rotatable bonds is 3. The van der Waals surface area contributed by atoms with Crippen LogP contribution in [0.3, 0.4) is 0 Å². The molecule has 1 aromatic heterocycles. The molecule has 2 rings (SSSR count). The van der Waals surface area contributed by atoms with Gasteiger partial charge in [-0.05, 0) is 11.6 Å². The Bertz CT molecular complexity index is 286. The van der Waals surface area contributed by atoms with Gasteiger partial charge in [0.2, 0.25) is 5.88 Å². The molecule has 0 aliphatic carbocycles. The molecule has 1 aliphatic rings. The zero-order valence-electron chi connectivity index (χ0n) is 7.14. The van der Waals surface area contributed by atoms with Crippen molar-refractivity contribution in [2.75, 3.05) is 13.2 Å². The van der Waals surface area contributed by atoms with Gasteiger partial charge in [0.05, 0.1) is 19.8 Å². The van der Waals surface area contributed by atoms with Gasteiger partial charge in [-0.25, -0.2) is 4.98 Å². The molecule has 1 saturated heterocycles. The molecule has 0 unspecified atom stereocenters. The molecule has 1 fully saturated rings. The third-order valence-electron chi connectivity index (χ3n) is 1.88. The first-order valence-corrected chi connectivity index (χ1v) is 4.18. The standard InChI is InChI=1S/C9H11NO3/c11-4-7-1-2-10-9(3-7)13-8-5-12-6-8/h1-3,8,11H,4-6H2. The van der Waals surface area contributed by atoms with E-state index >= 15 is 0 Å². The summed E-state index contributed by atoms with van der Waals surface area (Å²) in [4.78, 5) is 4.02. The molecule has 0 spiro atoms. The second kappa shape index (κ2) is 3.72. The molecule has 0 atom stereocenters. The van der Waals surface area contributed by atoms with Crippen LogP contribution in [0, 0.1) is 0 Å². The molecule has 0 amide bonds. The first-order chi connectivity index (χ1) is 6.38. The van der Waals surface area contributed by atoms with Crippen molar-refractivity contribution in [2.45, 2.75) is 12.7 Å². The molecule has 0 saturated carbocycles. The fourth-order valence-electron chi connectivity index (χ4n) is 1.07. The molecule has 0 radical (unpaired) electrons. The van der Waals surface area contributed by atoms with Gasteiger partial charge in [0, 0.05) is 12.3 Å². The minimum Gasteiger partial charge on any atom is -0.469 e. The SMILES string of the molecule is OCc1ccnc(OC2COC2)c1. The zero-order valence-corrected chi connectivity index (χ0v) is 7.14. The van der Waals surface area contributed by atoms with Crippen LogP contribution in [0.2, 0.25) is 0 Å². The molecule has 1 N–H and O–H groups in total. The van der Waals surface area contributed by atoms with Crippen molar-refractivity contribution in [1.29, 1.82) is 0 Å². The van der Waals surface area contributed by atoms with Crippen LogP contribution in [0.4, 0.5) is 0 Å². The summed E-state index contributed by atoms with van der Waals surface area (Å²) in [5, 5.41) is 8.86. The Labute approximate surface area is 76.1 Å². The number of aliphatic hydroxyl groups excluding tert-OH is 1. The van der Waals surface area contributed by atoms with E-state index in [1.165, 1.54) is 0 Å². The van der Waals surface area contributed by atoms with Crippen LogP contribution in [0.25, 0.3) is 0 Å². The predicted octanol–water partition coefficient (Wildman–Crippen LogP) is 0.351. The van der Waals surface area contributed by atoms with E-state index in [9.17, 15) is 0 Å². The van der Waals surface area contributed by atoms with Gasteiger partial charge in [-0.15, -0.1) is 0 Å². The molecular formula is C9H11NO3. The summed E-state index contributed by atoms with van der Waals surface area (Å²) in [6, 6.07) is 3.49. The Morgan fingerprint density at radius 1 is 1.62 bits per heavy atom. The number of ether oxygens (including phenoxy) is 2. The van der Waals surface area contributed by atoms with Gasteiger partial charge >= 0.3 is 0 Å². The highest BCUT2D eigenvalue weighted by molar-refractivity contribution is 5.19. The lowest BCUT2D eigenvalue weighted by Crippen LogP contribution is -2.38. The van der Waals surface area contributed by atoms with Gasteiger partial charge in [-0.1, -0.05) is 0 Å². The molecule has 70 valence electrons. The van der Waals surface area contributed by atoms with Crippen molar-refractivity contribution >= 4 is 0 Å². The Hall–Kier alpha value is -1.13. The van der Waals surface area contributed by atoms with Crippen molar-refractivity contribution < 1.29 is 14.6 Å². The lowest BCUT2D eigenvalue weighted by atomic mass is 10.3. The maximum Gasteiger partial charge on any atom is 0.213 e. The van der Waals surface area contributed by atoms with Gasteiger partial charge in [0.25, 0.3) is 0 Å². The smallest absolute Gasteiger partial charge is 0.213 e. The quantitative estimate of drug-likeness (QED) is 0.731. The number of aliphatic hydroxyl groups is 1. The highest BCUT2D eigenvalue weighted by Gasteiger charge is 2.20. The highest BCUT2D eigenvalue weighted by atomic mass is 16.6. The Morgan fingerprint density at radius 3 is 3.08 bits per heavy atom. The Kier molecular flexibility index (Phi) is 2.42. The van der Waals surface area contributed by atoms with Gasteiger partial charge in [0.1, 0.15) is 6.10 Å². The predicted molar refractivity (Wildman–Crippen MR) is 45.4 cm³/mol. The van der Waals surface area contributed by atoms with Crippen molar-refractivity contribution in [2.24, 2.45) is 0 Å². The molecule has 1 aromatic rings. The first kappa shape index (κ1) is 8.47. The van der Waals surface area contributed by atoms with Crippen molar-refractivity contribution in [1.82, 2.24) is 4.98 Å². The van der Waals surface area contributed by atoms with Gasteiger partial charge in [-0.2, -0.15) is 0 Å². The molecule has 4 nitrogen and oxygen atoms in total. The van der Waals surface area contributed by atoms with Crippen LogP contribution < -0.4 is 4.74 Å². The van der Waals surface area contributed by atoms with Crippen LogP contribution in [0.5, 0.6) is 5.88 Å².